The third kappa shape index (κ3) is 8.93. The molecule has 1 fully saturated rings. The number of rotatable bonds is 2. The molecular weight excluding hydrogens is 284 g/mol. The average molecular weight is 316 g/mol. The maximum Gasteiger partial charge on any atom is 0.317 e. The molecule has 1 aromatic rings. The summed E-state index contributed by atoms with van der Waals surface area (Å²) in [5, 5.41) is 2.69. The Kier molecular flexibility index (Phi) is 12.5. The van der Waals surface area contributed by atoms with Gasteiger partial charge in [0.15, 0.2) is 0 Å². The number of urea groups is 1. The fourth-order valence-corrected chi connectivity index (χ4v) is 2.45. The second-order valence-electron chi connectivity index (χ2n) is 5.18. The number of carbonyl (C=O) groups is 1. The molecule has 3 heteroatoms. The normalized spacial score (nSPS) is 13.3. The number of carbonyl (C=O) groups excluding carboxylic acids is 1. The summed E-state index contributed by atoms with van der Waals surface area (Å²) in [6.07, 6.45) is 3.37. The van der Waals surface area contributed by atoms with Gasteiger partial charge in [0.1, 0.15) is 0 Å². The van der Waals surface area contributed by atoms with Crippen LogP contribution in [0.3, 0.4) is 0 Å². The Bertz CT molecular complexity index is 459. The van der Waals surface area contributed by atoms with Crippen molar-refractivity contribution in [2.45, 2.75) is 47.0 Å². The molecule has 1 heterocycles. The minimum Gasteiger partial charge on any atom is -0.341 e. The van der Waals surface area contributed by atoms with Gasteiger partial charge < -0.3 is 10.2 Å². The summed E-state index contributed by atoms with van der Waals surface area (Å²) >= 11 is 0. The maximum atomic E-state index is 11.4. The molecule has 2 amide bonds. The first-order valence-corrected chi connectivity index (χ1v) is 8.55. The maximum absolute atomic E-state index is 11.4. The third-order valence-corrected chi connectivity index (χ3v) is 3.73. The van der Waals surface area contributed by atoms with Crippen LogP contribution >= 0.6 is 0 Å². The molecule has 0 bridgehead atoms. The largest absolute Gasteiger partial charge is 0.341 e. The molecule has 0 saturated carbocycles. The minimum atomic E-state index is 0.0585. The number of benzene rings is 1. The predicted octanol–water partition coefficient (Wildman–Crippen LogP) is 4.34. The lowest BCUT2D eigenvalue weighted by Gasteiger charge is -2.31. The fraction of sp³-hybridized carbons (Fsp3) is 0.550. The number of hydrogen-bond donors (Lipinski definition) is 1. The van der Waals surface area contributed by atoms with Crippen molar-refractivity contribution < 1.29 is 4.79 Å². The van der Waals surface area contributed by atoms with Gasteiger partial charge in [0.05, 0.1) is 0 Å². The highest BCUT2D eigenvalue weighted by molar-refractivity contribution is 5.73. The van der Waals surface area contributed by atoms with Crippen LogP contribution in [0, 0.1) is 17.8 Å². The number of nitrogens with one attached hydrogen (secondary N) is 1. The first-order valence-electron chi connectivity index (χ1n) is 8.55. The first-order chi connectivity index (χ1) is 11.2. The zero-order valence-corrected chi connectivity index (χ0v) is 15.4. The predicted molar refractivity (Wildman–Crippen MR) is 99.4 cm³/mol. The zero-order chi connectivity index (χ0) is 17.5. The smallest absolute Gasteiger partial charge is 0.317 e. The molecule has 0 atom stereocenters. The van der Waals surface area contributed by atoms with Crippen LogP contribution in [-0.4, -0.2) is 31.1 Å². The minimum absolute atomic E-state index is 0.0585. The van der Waals surface area contributed by atoms with Crippen LogP contribution in [0.25, 0.3) is 0 Å². The van der Waals surface area contributed by atoms with Crippen molar-refractivity contribution in [2.75, 3.05) is 20.1 Å². The van der Waals surface area contributed by atoms with E-state index >= 15 is 0 Å². The van der Waals surface area contributed by atoms with E-state index in [4.69, 9.17) is 0 Å². The Morgan fingerprint density at radius 1 is 1.13 bits per heavy atom. The van der Waals surface area contributed by atoms with E-state index in [1.807, 2.05) is 32.6 Å². The van der Waals surface area contributed by atoms with Crippen LogP contribution in [0.4, 0.5) is 4.79 Å². The average Bonchev–Trinajstić information content (AvgIpc) is 2.64. The van der Waals surface area contributed by atoms with E-state index in [0.717, 1.165) is 38.3 Å². The number of hydrogen-bond acceptors (Lipinski definition) is 1. The van der Waals surface area contributed by atoms with Crippen molar-refractivity contribution in [3.63, 3.8) is 0 Å². The van der Waals surface area contributed by atoms with Gasteiger partial charge in [-0.1, -0.05) is 44.2 Å². The fourth-order valence-electron chi connectivity index (χ4n) is 2.45. The molecule has 1 aliphatic rings. The molecule has 1 aromatic carbocycles. The molecule has 0 aromatic heterocycles. The van der Waals surface area contributed by atoms with Gasteiger partial charge >= 0.3 is 6.03 Å². The molecule has 128 valence electrons. The summed E-state index contributed by atoms with van der Waals surface area (Å²) < 4.78 is 0. The van der Waals surface area contributed by atoms with Crippen molar-refractivity contribution in [2.24, 2.45) is 5.92 Å². The summed E-state index contributed by atoms with van der Waals surface area (Å²) in [5.41, 5.74) is 1.41. The van der Waals surface area contributed by atoms with Gasteiger partial charge in [-0.3, -0.25) is 0 Å². The Labute approximate surface area is 142 Å². The van der Waals surface area contributed by atoms with Crippen molar-refractivity contribution in [3.8, 4) is 11.8 Å². The summed E-state index contributed by atoms with van der Waals surface area (Å²) in [6, 6.07) is 10.7. The zero-order valence-electron chi connectivity index (χ0n) is 15.4. The van der Waals surface area contributed by atoms with Crippen molar-refractivity contribution in [1.29, 1.82) is 0 Å². The molecule has 1 N–H and O–H groups in total. The van der Waals surface area contributed by atoms with E-state index in [1.165, 1.54) is 5.56 Å². The second kappa shape index (κ2) is 13.7. The first kappa shape index (κ1) is 21.0. The van der Waals surface area contributed by atoms with Gasteiger partial charge in [-0.15, -0.1) is 11.8 Å². The monoisotopic (exact) mass is 316 g/mol. The Morgan fingerprint density at radius 2 is 1.65 bits per heavy atom. The molecular formula is C20H32N2O. The van der Waals surface area contributed by atoms with E-state index < -0.39 is 0 Å². The van der Waals surface area contributed by atoms with Crippen molar-refractivity contribution >= 4 is 6.03 Å². The Morgan fingerprint density at radius 3 is 2.09 bits per heavy atom. The molecule has 0 unspecified atom stereocenters. The van der Waals surface area contributed by atoms with Crippen LogP contribution in [-0.2, 0) is 6.42 Å². The third-order valence-electron chi connectivity index (χ3n) is 3.73. The Balaban J connectivity index is 0.000000705. The van der Waals surface area contributed by atoms with E-state index in [0.29, 0.717) is 0 Å². The molecule has 1 aliphatic heterocycles. The molecule has 1 saturated heterocycles. The summed E-state index contributed by atoms with van der Waals surface area (Å²) in [7, 11) is 1.69. The Hall–Kier alpha value is -1.95. The van der Waals surface area contributed by atoms with E-state index in [1.54, 1.807) is 7.05 Å². The van der Waals surface area contributed by atoms with Gasteiger partial charge in [0.25, 0.3) is 0 Å². The highest BCUT2D eigenvalue weighted by Gasteiger charge is 2.21. The van der Waals surface area contributed by atoms with Gasteiger partial charge in [0.2, 0.25) is 0 Å². The second-order valence-corrected chi connectivity index (χ2v) is 5.18. The van der Waals surface area contributed by atoms with Crippen LogP contribution in [0.15, 0.2) is 30.3 Å². The van der Waals surface area contributed by atoms with Gasteiger partial charge in [-0.05, 0) is 44.6 Å². The van der Waals surface area contributed by atoms with Gasteiger partial charge in [-0.2, -0.15) is 0 Å². The van der Waals surface area contributed by atoms with Crippen LogP contribution in [0.5, 0.6) is 0 Å². The van der Waals surface area contributed by atoms with Crippen molar-refractivity contribution in [1.82, 2.24) is 10.2 Å². The van der Waals surface area contributed by atoms with E-state index in [2.05, 4.69) is 47.5 Å². The van der Waals surface area contributed by atoms with Crippen LogP contribution < -0.4 is 5.32 Å². The van der Waals surface area contributed by atoms with E-state index in [9.17, 15) is 4.79 Å². The molecule has 0 spiro atoms. The molecule has 0 radical (unpaired) electrons. The molecule has 23 heavy (non-hydrogen) atoms. The summed E-state index contributed by atoms with van der Waals surface area (Å²) in [6.45, 7) is 9.41. The number of piperidine rings is 1. The highest BCUT2D eigenvalue weighted by atomic mass is 16.2. The molecule has 0 aliphatic carbocycles. The van der Waals surface area contributed by atoms with Crippen molar-refractivity contribution in [3.05, 3.63) is 35.9 Å². The lowest BCUT2D eigenvalue weighted by molar-refractivity contribution is 0.172. The lowest BCUT2D eigenvalue weighted by Crippen LogP contribution is -2.43. The SMILES string of the molecule is CC.CC#CC.CNC(=O)N1CCC(Cc2ccccc2)CC1. The van der Waals surface area contributed by atoms with Gasteiger partial charge in [-0.25, -0.2) is 4.79 Å². The summed E-state index contributed by atoms with van der Waals surface area (Å²) in [5.74, 6) is 6.08. The highest BCUT2D eigenvalue weighted by Crippen LogP contribution is 2.21. The number of amides is 2. The van der Waals surface area contributed by atoms with Crippen LogP contribution in [0.1, 0.15) is 46.1 Å². The number of nitrogens with zero attached hydrogens (tertiary/aromatic N) is 1. The van der Waals surface area contributed by atoms with Crippen LogP contribution in [0.2, 0.25) is 0 Å². The summed E-state index contributed by atoms with van der Waals surface area (Å²) in [4.78, 5) is 13.4. The molecule has 3 nitrogen and oxygen atoms in total. The molecule has 2 rings (SSSR count). The van der Waals surface area contributed by atoms with E-state index in [-0.39, 0.29) is 6.03 Å². The van der Waals surface area contributed by atoms with Gasteiger partial charge in [0, 0.05) is 20.1 Å². The quantitative estimate of drug-likeness (QED) is 0.809. The number of likely N-dealkylation sites (tertiary alicyclic amines) is 1. The topological polar surface area (TPSA) is 32.3 Å². The lowest BCUT2D eigenvalue weighted by atomic mass is 9.90. The standard InChI is InChI=1S/C14H20N2O.C4H6.C2H6/c1-15-14(17)16-9-7-13(8-10-16)11-12-5-3-2-4-6-12;1-3-4-2;1-2/h2-6,13H,7-11H2,1H3,(H,15,17);1-2H3;1-2H3.